The number of piperidine rings is 1. The van der Waals surface area contributed by atoms with Gasteiger partial charge in [-0.2, -0.15) is 13.2 Å². The molecule has 11 heteroatoms. The van der Waals surface area contributed by atoms with Gasteiger partial charge in [-0.3, -0.25) is 9.69 Å². The Morgan fingerprint density at radius 1 is 1.09 bits per heavy atom. The third kappa shape index (κ3) is 6.16. The average Bonchev–Trinajstić information content (AvgIpc) is 3.39. The molecule has 0 radical (unpaired) electrons. The van der Waals surface area contributed by atoms with Gasteiger partial charge < -0.3 is 14.7 Å². The number of halogens is 5. The minimum absolute atomic E-state index is 0.0654. The lowest BCUT2D eigenvalue weighted by molar-refractivity contribution is -0.192. The number of aliphatic carboxylic acids is 1. The molecule has 3 saturated heterocycles. The summed E-state index contributed by atoms with van der Waals surface area (Å²) in [7, 11) is 0. The van der Waals surface area contributed by atoms with Crippen molar-refractivity contribution in [2.24, 2.45) is 5.92 Å². The predicted molar refractivity (Wildman–Crippen MR) is 103 cm³/mol. The molecule has 0 aliphatic carbocycles. The number of alkyl halides is 3. The quantitative estimate of drug-likeness (QED) is 0.696. The summed E-state index contributed by atoms with van der Waals surface area (Å²) in [6.07, 6.45) is -1.33. The van der Waals surface area contributed by atoms with Crippen LogP contribution in [0.15, 0.2) is 18.2 Å². The van der Waals surface area contributed by atoms with E-state index < -0.39 is 23.8 Å². The molecule has 3 heterocycles. The van der Waals surface area contributed by atoms with Gasteiger partial charge >= 0.3 is 12.1 Å². The van der Waals surface area contributed by atoms with Crippen molar-refractivity contribution in [3.63, 3.8) is 0 Å². The molecule has 1 aromatic rings. The Kier molecular flexibility index (Phi) is 7.71. The second kappa shape index (κ2) is 10.1. The van der Waals surface area contributed by atoms with Crippen LogP contribution in [-0.4, -0.2) is 71.3 Å². The van der Waals surface area contributed by atoms with Gasteiger partial charge in [-0.1, -0.05) is 6.07 Å². The van der Waals surface area contributed by atoms with E-state index in [9.17, 15) is 26.7 Å². The summed E-state index contributed by atoms with van der Waals surface area (Å²) in [6, 6.07) is 4.06. The highest BCUT2D eigenvalue weighted by molar-refractivity contribution is 5.81. The molecular formula is C21H25F5N2O4. The highest BCUT2D eigenvalue weighted by Gasteiger charge is 2.43. The minimum atomic E-state index is -5.08. The monoisotopic (exact) mass is 464 g/mol. The second-order valence-corrected chi connectivity index (χ2v) is 8.27. The molecule has 32 heavy (non-hydrogen) atoms. The second-order valence-electron chi connectivity index (χ2n) is 8.27. The summed E-state index contributed by atoms with van der Waals surface area (Å²) in [5, 5.41) is 7.12. The van der Waals surface area contributed by atoms with Crippen molar-refractivity contribution in [1.29, 1.82) is 0 Å². The highest BCUT2D eigenvalue weighted by atomic mass is 19.4. The van der Waals surface area contributed by atoms with Gasteiger partial charge in [0.05, 0.1) is 6.10 Å². The topological polar surface area (TPSA) is 70.1 Å². The predicted octanol–water partition coefficient (Wildman–Crippen LogP) is 3.20. The molecule has 1 N–H and O–H groups in total. The Balaban J connectivity index is 0.000000360. The van der Waals surface area contributed by atoms with E-state index in [-0.39, 0.29) is 18.1 Å². The van der Waals surface area contributed by atoms with Crippen molar-refractivity contribution in [2.75, 3.05) is 26.2 Å². The minimum Gasteiger partial charge on any atom is -0.475 e. The number of carboxylic acids is 1. The van der Waals surface area contributed by atoms with Crippen LogP contribution in [0.25, 0.3) is 0 Å². The van der Waals surface area contributed by atoms with Gasteiger partial charge in [0.1, 0.15) is 6.10 Å². The number of nitrogens with zero attached hydrogens (tertiary/aromatic N) is 2. The molecule has 3 atom stereocenters. The van der Waals surface area contributed by atoms with E-state index >= 15 is 0 Å². The van der Waals surface area contributed by atoms with Gasteiger partial charge in [-0.25, -0.2) is 13.6 Å². The SMILES string of the molecule is O=C(O)C(F)(F)F.O=C([C@@H]1C[C@@H]2CCN(Cc3ccc(F)c(F)c3)C[C@H]2O1)N1CCCC1. The lowest BCUT2D eigenvalue weighted by atomic mass is 9.91. The van der Waals surface area contributed by atoms with Crippen molar-refractivity contribution in [3.05, 3.63) is 35.4 Å². The summed E-state index contributed by atoms with van der Waals surface area (Å²) in [4.78, 5) is 25.6. The van der Waals surface area contributed by atoms with E-state index in [4.69, 9.17) is 14.6 Å². The van der Waals surface area contributed by atoms with Crippen LogP contribution in [0.2, 0.25) is 0 Å². The Bertz CT molecular complexity index is 829. The lowest BCUT2D eigenvalue weighted by Gasteiger charge is -2.34. The number of ether oxygens (including phenoxy) is 1. The van der Waals surface area contributed by atoms with Crippen molar-refractivity contribution >= 4 is 11.9 Å². The van der Waals surface area contributed by atoms with Gasteiger partial charge in [0.15, 0.2) is 11.6 Å². The van der Waals surface area contributed by atoms with Crippen LogP contribution in [-0.2, 0) is 20.9 Å². The molecule has 0 saturated carbocycles. The number of rotatable bonds is 3. The number of hydrogen-bond donors (Lipinski definition) is 1. The first kappa shape index (κ1) is 24.4. The van der Waals surface area contributed by atoms with Crippen LogP contribution >= 0.6 is 0 Å². The molecule has 0 aromatic heterocycles. The largest absolute Gasteiger partial charge is 0.490 e. The first-order chi connectivity index (χ1) is 15.0. The summed E-state index contributed by atoms with van der Waals surface area (Å²) < 4.78 is 64.3. The fraction of sp³-hybridized carbons (Fsp3) is 0.619. The number of fused-ring (bicyclic) bond motifs is 1. The van der Waals surface area contributed by atoms with Crippen LogP contribution in [0.4, 0.5) is 22.0 Å². The van der Waals surface area contributed by atoms with E-state index in [2.05, 4.69) is 4.90 Å². The number of benzene rings is 1. The maximum atomic E-state index is 13.4. The molecule has 6 nitrogen and oxygen atoms in total. The van der Waals surface area contributed by atoms with Crippen molar-refractivity contribution in [2.45, 2.75) is 50.6 Å². The smallest absolute Gasteiger partial charge is 0.475 e. The Hall–Kier alpha value is -2.27. The molecule has 4 rings (SSSR count). The van der Waals surface area contributed by atoms with Crippen molar-refractivity contribution in [3.8, 4) is 0 Å². The third-order valence-corrected chi connectivity index (χ3v) is 5.96. The maximum absolute atomic E-state index is 13.4. The van der Waals surface area contributed by atoms with E-state index in [1.54, 1.807) is 6.07 Å². The summed E-state index contributed by atoms with van der Waals surface area (Å²) >= 11 is 0. The average molecular weight is 464 g/mol. The molecule has 1 amide bonds. The Morgan fingerprint density at radius 2 is 1.75 bits per heavy atom. The molecular weight excluding hydrogens is 439 g/mol. The number of amides is 1. The molecule has 3 fully saturated rings. The zero-order valence-corrected chi connectivity index (χ0v) is 17.3. The van der Waals surface area contributed by atoms with Gasteiger partial charge in [0.25, 0.3) is 5.91 Å². The molecule has 178 valence electrons. The van der Waals surface area contributed by atoms with Crippen molar-refractivity contribution in [1.82, 2.24) is 9.80 Å². The van der Waals surface area contributed by atoms with Crippen molar-refractivity contribution < 1.29 is 41.4 Å². The summed E-state index contributed by atoms with van der Waals surface area (Å²) in [5.41, 5.74) is 0.764. The normalized spacial score (nSPS) is 25.8. The maximum Gasteiger partial charge on any atom is 0.490 e. The number of carbonyl (C=O) groups excluding carboxylic acids is 1. The van der Waals surface area contributed by atoms with Crippen LogP contribution in [0.5, 0.6) is 0 Å². The Morgan fingerprint density at radius 3 is 2.34 bits per heavy atom. The number of carboxylic acid groups (broad SMARTS) is 1. The van der Waals surface area contributed by atoms with E-state index in [1.807, 2.05) is 4.90 Å². The zero-order chi connectivity index (χ0) is 23.5. The standard InChI is InChI=1S/C19H24F2N2O2.C2HF3O2/c20-15-4-3-13(9-16(15)21)11-22-8-5-14-10-17(25-18(14)12-22)19(24)23-6-1-2-7-23;3-2(4,5)1(6)7/h3-4,9,14,17-18H,1-2,5-8,10-12H2;(H,6,7)/t14-,17-,18+;/m0./s1. The molecule has 0 spiro atoms. The summed E-state index contributed by atoms with van der Waals surface area (Å²) in [6.45, 7) is 3.93. The number of hydrogen-bond acceptors (Lipinski definition) is 4. The van der Waals surface area contributed by atoms with Crippen LogP contribution in [0.3, 0.4) is 0 Å². The third-order valence-electron chi connectivity index (χ3n) is 5.96. The zero-order valence-electron chi connectivity index (χ0n) is 17.3. The van der Waals surface area contributed by atoms with E-state index in [0.29, 0.717) is 12.5 Å². The van der Waals surface area contributed by atoms with Gasteiger partial charge in [0.2, 0.25) is 0 Å². The molecule has 0 bridgehead atoms. The van der Waals surface area contributed by atoms with Gasteiger partial charge in [-0.05, 0) is 55.8 Å². The fourth-order valence-corrected chi connectivity index (χ4v) is 4.33. The molecule has 0 unspecified atom stereocenters. The highest BCUT2D eigenvalue weighted by Crippen LogP contribution is 2.35. The first-order valence-electron chi connectivity index (χ1n) is 10.4. The molecule has 3 aliphatic heterocycles. The first-order valence-corrected chi connectivity index (χ1v) is 10.4. The van der Waals surface area contributed by atoms with Crippen LogP contribution < -0.4 is 0 Å². The van der Waals surface area contributed by atoms with Crippen LogP contribution in [0, 0.1) is 17.6 Å². The summed E-state index contributed by atoms with van der Waals surface area (Å²) in [5.74, 6) is -3.80. The fourth-order valence-electron chi connectivity index (χ4n) is 4.33. The lowest BCUT2D eigenvalue weighted by Crippen LogP contribution is -2.42. The van der Waals surface area contributed by atoms with E-state index in [0.717, 1.165) is 57.4 Å². The van der Waals surface area contributed by atoms with Crippen LogP contribution in [0.1, 0.15) is 31.2 Å². The number of carbonyl (C=O) groups is 2. The van der Waals surface area contributed by atoms with E-state index in [1.165, 1.54) is 12.1 Å². The Labute approximate surface area is 181 Å². The molecule has 1 aromatic carbocycles. The number of likely N-dealkylation sites (tertiary alicyclic amines) is 2. The van der Waals surface area contributed by atoms with Gasteiger partial charge in [-0.15, -0.1) is 0 Å². The molecule has 3 aliphatic rings. The van der Waals surface area contributed by atoms with Gasteiger partial charge in [0, 0.05) is 26.2 Å².